The Morgan fingerprint density at radius 2 is 1.88 bits per heavy atom. The van der Waals surface area contributed by atoms with E-state index in [-0.39, 0.29) is 6.61 Å². The topological polar surface area (TPSA) is 20.2 Å². The maximum Gasteiger partial charge on any atom is 0.0493 e. The fraction of sp³-hybridized carbons (Fsp3) is 0.500. The molecule has 1 aromatic rings. The van der Waals surface area contributed by atoms with Gasteiger partial charge in [-0.05, 0) is 12.0 Å². The van der Waals surface area contributed by atoms with Crippen LogP contribution in [0.2, 0.25) is 0 Å². The van der Waals surface area contributed by atoms with Gasteiger partial charge in [-0.1, -0.05) is 75.1 Å². The third-order valence-corrected chi connectivity index (χ3v) is 3.02. The van der Waals surface area contributed by atoms with Crippen LogP contribution >= 0.6 is 0 Å². The van der Waals surface area contributed by atoms with Gasteiger partial charge in [0, 0.05) is 12.5 Å². The zero-order chi connectivity index (χ0) is 12.3. The lowest BCUT2D eigenvalue weighted by atomic mass is 10.00. The van der Waals surface area contributed by atoms with Crippen LogP contribution in [0.5, 0.6) is 0 Å². The Balaban J connectivity index is 2.33. The van der Waals surface area contributed by atoms with Crippen LogP contribution in [0, 0.1) is 5.92 Å². The van der Waals surface area contributed by atoms with Crippen molar-refractivity contribution in [1.29, 1.82) is 0 Å². The maximum absolute atomic E-state index is 9.31. The van der Waals surface area contributed by atoms with Gasteiger partial charge in [-0.3, -0.25) is 0 Å². The molecule has 0 radical (unpaired) electrons. The van der Waals surface area contributed by atoms with Gasteiger partial charge in [0.15, 0.2) is 0 Å². The van der Waals surface area contributed by atoms with Crippen molar-refractivity contribution in [2.24, 2.45) is 5.92 Å². The standard InChI is InChI=1S/C16H24O/c1-2-3-4-6-11-16(14-17)13-12-15-9-7-5-8-10-15/h5,7-10,12-13,16-17H,2-4,6,11,14H2,1H3/b13-12+/t16-/m0/s1. The van der Waals surface area contributed by atoms with E-state index >= 15 is 0 Å². The largest absolute Gasteiger partial charge is 0.396 e. The van der Waals surface area contributed by atoms with Crippen LogP contribution in [0.3, 0.4) is 0 Å². The first kappa shape index (κ1) is 14.0. The first-order valence-electron chi connectivity index (χ1n) is 6.71. The van der Waals surface area contributed by atoms with E-state index in [1.807, 2.05) is 18.2 Å². The van der Waals surface area contributed by atoms with E-state index in [1.54, 1.807) is 0 Å². The summed E-state index contributed by atoms with van der Waals surface area (Å²) in [6, 6.07) is 10.3. The highest BCUT2D eigenvalue weighted by Crippen LogP contribution is 2.13. The van der Waals surface area contributed by atoms with Gasteiger partial charge in [0.1, 0.15) is 0 Å². The highest BCUT2D eigenvalue weighted by Gasteiger charge is 2.02. The summed E-state index contributed by atoms with van der Waals surface area (Å²) in [5.41, 5.74) is 1.21. The van der Waals surface area contributed by atoms with Gasteiger partial charge in [0.05, 0.1) is 0 Å². The monoisotopic (exact) mass is 232 g/mol. The molecule has 1 rings (SSSR count). The summed E-state index contributed by atoms with van der Waals surface area (Å²) < 4.78 is 0. The van der Waals surface area contributed by atoms with Crippen molar-refractivity contribution in [2.75, 3.05) is 6.61 Å². The Morgan fingerprint density at radius 3 is 2.53 bits per heavy atom. The third-order valence-electron chi connectivity index (χ3n) is 3.02. The van der Waals surface area contributed by atoms with Gasteiger partial charge < -0.3 is 5.11 Å². The summed E-state index contributed by atoms with van der Waals surface area (Å²) in [6.45, 7) is 2.48. The van der Waals surface area contributed by atoms with Crippen LogP contribution in [0.1, 0.15) is 44.6 Å². The fourth-order valence-electron chi connectivity index (χ4n) is 1.89. The molecule has 0 heterocycles. The van der Waals surface area contributed by atoms with Crippen LogP contribution in [0.4, 0.5) is 0 Å². The van der Waals surface area contributed by atoms with Crippen LogP contribution < -0.4 is 0 Å². The van der Waals surface area contributed by atoms with Gasteiger partial charge in [-0.15, -0.1) is 0 Å². The van der Waals surface area contributed by atoms with Crippen molar-refractivity contribution in [2.45, 2.75) is 39.0 Å². The highest BCUT2D eigenvalue weighted by molar-refractivity contribution is 5.48. The molecule has 0 aliphatic heterocycles. The molecule has 0 aliphatic carbocycles. The average Bonchev–Trinajstić information content (AvgIpc) is 2.39. The van der Waals surface area contributed by atoms with Gasteiger partial charge in [0.2, 0.25) is 0 Å². The van der Waals surface area contributed by atoms with Crippen molar-refractivity contribution >= 4 is 6.08 Å². The number of benzene rings is 1. The van der Waals surface area contributed by atoms with Gasteiger partial charge in [-0.25, -0.2) is 0 Å². The summed E-state index contributed by atoms with van der Waals surface area (Å²) in [4.78, 5) is 0. The number of aliphatic hydroxyl groups is 1. The molecule has 17 heavy (non-hydrogen) atoms. The van der Waals surface area contributed by atoms with Crippen LogP contribution in [0.25, 0.3) is 6.08 Å². The molecule has 0 bridgehead atoms. The first-order chi connectivity index (χ1) is 8.36. The molecule has 0 aromatic heterocycles. The molecule has 1 atom stereocenters. The summed E-state index contributed by atoms with van der Waals surface area (Å²) >= 11 is 0. The molecule has 0 spiro atoms. The van der Waals surface area contributed by atoms with Gasteiger partial charge in [-0.2, -0.15) is 0 Å². The first-order valence-corrected chi connectivity index (χ1v) is 6.71. The lowest BCUT2D eigenvalue weighted by molar-refractivity contribution is 0.243. The van der Waals surface area contributed by atoms with E-state index in [2.05, 4.69) is 31.2 Å². The number of unbranched alkanes of at least 4 members (excludes halogenated alkanes) is 3. The Labute approximate surface area is 105 Å². The second-order valence-corrected chi connectivity index (χ2v) is 4.56. The molecule has 1 N–H and O–H groups in total. The summed E-state index contributed by atoms with van der Waals surface area (Å²) in [5, 5.41) is 9.31. The molecule has 1 nitrogen and oxygen atoms in total. The molecule has 0 saturated carbocycles. The quantitative estimate of drug-likeness (QED) is 0.663. The second kappa shape index (κ2) is 9.00. The summed E-state index contributed by atoms with van der Waals surface area (Å²) in [6.07, 6.45) is 10.4. The predicted octanol–water partition coefficient (Wildman–Crippen LogP) is 4.28. The predicted molar refractivity (Wildman–Crippen MR) is 74.8 cm³/mol. The Hall–Kier alpha value is -1.08. The molecule has 0 aliphatic rings. The van der Waals surface area contributed by atoms with Gasteiger partial charge in [0.25, 0.3) is 0 Å². The zero-order valence-corrected chi connectivity index (χ0v) is 10.8. The SMILES string of the molecule is CCCCCC[C@@H](/C=C/c1ccccc1)CO. The van der Waals surface area contributed by atoms with E-state index in [9.17, 15) is 5.11 Å². The minimum absolute atomic E-state index is 0.259. The van der Waals surface area contributed by atoms with E-state index in [1.165, 1.54) is 31.2 Å². The minimum atomic E-state index is 0.259. The molecule has 1 aromatic carbocycles. The third kappa shape index (κ3) is 6.28. The van der Waals surface area contributed by atoms with E-state index in [0.717, 1.165) is 6.42 Å². The fourth-order valence-corrected chi connectivity index (χ4v) is 1.89. The lowest BCUT2D eigenvalue weighted by Gasteiger charge is -2.08. The number of hydrogen-bond acceptors (Lipinski definition) is 1. The van der Waals surface area contributed by atoms with Crippen LogP contribution in [-0.2, 0) is 0 Å². The van der Waals surface area contributed by atoms with Crippen molar-refractivity contribution in [3.8, 4) is 0 Å². The van der Waals surface area contributed by atoms with E-state index in [4.69, 9.17) is 0 Å². The molecular weight excluding hydrogens is 208 g/mol. The number of hydrogen-bond donors (Lipinski definition) is 1. The summed E-state index contributed by atoms with van der Waals surface area (Å²) in [5.74, 6) is 0.312. The van der Waals surface area contributed by atoms with Gasteiger partial charge >= 0.3 is 0 Å². The Bertz CT molecular complexity index is 303. The maximum atomic E-state index is 9.31. The lowest BCUT2D eigenvalue weighted by Crippen LogP contribution is -2.02. The molecule has 0 amide bonds. The molecule has 0 fully saturated rings. The van der Waals surface area contributed by atoms with Crippen LogP contribution in [-0.4, -0.2) is 11.7 Å². The average molecular weight is 232 g/mol. The molecular formula is C16H24O. The normalized spacial score (nSPS) is 13.1. The Morgan fingerprint density at radius 1 is 1.12 bits per heavy atom. The molecule has 0 unspecified atom stereocenters. The van der Waals surface area contributed by atoms with Crippen molar-refractivity contribution in [3.63, 3.8) is 0 Å². The van der Waals surface area contributed by atoms with Crippen LogP contribution in [0.15, 0.2) is 36.4 Å². The van der Waals surface area contributed by atoms with Crippen molar-refractivity contribution in [1.82, 2.24) is 0 Å². The summed E-state index contributed by atoms with van der Waals surface area (Å²) in [7, 11) is 0. The van der Waals surface area contributed by atoms with Crippen molar-refractivity contribution < 1.29 is 5.11 Å². The molecule has 94 valence electrons. The number of rotatable bonds is 8. The second-order valence-electron chi connectivity index (χ2n) is 4.56. The van der Waals surface area contributed by atoms with E-state index < -0.39 is 0 Å². The Kier molecular flexibility index (Phi) is 7.40. The molecule has 0 saturated heterocycles. The number of aliphatic hydroxyl groups excluding tert-OH is 1. The zero-order valence-electron chi connectivity index (χ0n) is 10.8. The smallest absolute Gasteiger partial charge is 0.0493 e. The minimum Gasteiger partial charge on any atom is -0.396 e. The van der Waals surface area contributed by atoms with E-state index in [0.29, 0.717) is 5.92 Å². The molecule has 1 heteroatoms. The highest BCUT2D eigenvalue weighted by atomic mass is 16.3. The van der Waals surface area contributed by atoms with Crippen molar-refractivity contribution in [3.05, 3.63) is 42.0 Å².